The minimum absolute atomic E-state index is 0.00261. The van der Waals surface area contributed by atoms with Crippen LogP contribution in [0.3, 0.4) is 0 Å². The van der Waals surface area contributed by atoms with Gasteiger partial charge in [-0.3, -0.25) is 8.37 Å². The van der Waals surface area contributed by atoms with Crippen molar-refractivity contribution in [2.24, 2.45) is 0 Å². The zero-order valence-electron chi connectivity index (χ0n) is 57.6. The third kappa shape index (κ3) is 41.4. The molecule has 0 amide bonds. The molecule has 19 nitrogen and oxygen atoms in total. The van der Waals surface area contributed by atoms with Crippen LogP contribution in [0.4, 0.5) is 0 Å². The van der Waals surface area contributed by atoms with E-state index in [4.69, 9.17) is 67.2 Å². The Kier molecular flexibility index (Phi) is 47.0. The SMILES string of the molecule is CCO[C@@H](CO)COS(=O)(=O)c1ccc(C)cc1.CCO[C@@H](COCc1ccccc1)COS(=O)(=O)c1ccc(C)cc1.CCO[C@H](CC)COCc1ccccc1.CCO[C@H](CO)COCc1ccccc1.CC[C@@H](O)COCc1ccccc1.Cc1ccc(S(=O)(=O)Cl)cc1. The molecule has 0 spiro atoms. The van der Waals surface area contributed by atoms with Gasteiger partial charge in [-0.25, -0.2) is 8.42 Å². The number of ether oxygens (including phenoxy) is 8. The van der Waals surface area contributed by atoms with Crippen molar-refractivity contribution < 1.29 is 86.8 Å². The lowest BCUT2D eigenvalue weighted by molar-refractivity contribution is -0.0421. The molecular weight excluding hydrogens is 1320 g/mol. The van der Waals surface area contributed by atoms with Crippen molar-refractivity contribution in [2.75, 3.05) is 79.3 Å². The number of aryl methyl sites for hydroxylation is 3. The van der Waals surface area contributed by atoms with Crippen LogP contribution in [0.25, 0.3) is 0 Å². The molecule has 5 atom stereocenters. The summed E-state index contributed by atoms with van der Waals surface area (Å²) < 4.78 is 123. The Morgan fingerprint density at radius 1 is 0.340 bits per heavy atom. The van der Waals surface area contributed by atoms with Gasteiger partial charge in [0.05, 0.1) is 106 Å². The first-order valence-electron chi connectivity index (χ1n) is 32.3. The molecular formula is C74H103ClO19S3. The topological polar surface area (TPSA) is 255 Å². The minimum atomic E-state index is -3.80. The molecule has 97 heavy (non-hydrogen) atoms. The highest BCUT2D eigenvalue weighted by atomic mass is 35.7. The van der Waals surface area contributed by atoms with Gasteiger partial charge in [-0.2, -0.15) is 16.8 Å². The van der Waals surface area contributed by atoms with Crippen LogP contribution in [0.2, 0.25) is 0 Å². The van der Waals surface area contributed by atoms with Gasteiger partial charge in [-0.05, 0) is 120 Å². The first kappa shape index (κ1) is 87.2. The Bertz CT molecular complexity index is 3320. The number of hydrogen-bond acceptors (Lipinski definition) is 19. The van der Waals surface area contributed by atoms with Crippen LogP contribution in [-0.4, -0.2) is 150 Å². The molecule has 0 saturated carbocycles. The smallest absolute Gasteiger partial charge is 0.297 e. The highest BCUT2D eigenvalue weighted by Crippen LogP contribution is 2.18. The van der Waals surface area contributed by atoms with E-state index in [0.717, 1.165) is 52.8 Å². The van der Waals surface area contributed by atoms with Gasteiger partial charge >= 0.3 is 0 Å². The van der Waals surface area contributed by atoms with Crippen LogP contribution in [0.1, 0.15) is 93.3 Å². The van der Waals surface area contributed by atoms with Gasteiger partial charge < -0.3 is 53.2 Å². The first-order valence-corrected chi connectivity index (χ1v) is 37.4. The molecule has 7 aromatic carbocycles. The highest BCUT2D eigenvalue weighted by molar-refractivity contribution is 8.13. The Labute approximate surface area is 582 Å². The van der Waals surface area contributed by atoms with Gasteiger partial charge in [0, 0.05) is 37.1 Å². The predicted molar refractivity (Wildman–Crippen MR) is 380 cm³/mol. The maximum Gasteiger partial charge on any atom is 0.297 e. The Morgan fingerprint density at radius 3 is 0.907 bits per heavy atom. The number of benzene rings is 7. The van der Waals surface area contributed by atoms with E-state index in [2.05, 4.69) is 19.1 Å². The lowest BCUT2D eigenvalue weighted by Crippen LogP contribution is -2.27. The van der Waals surface area contributed by atoms with Crippen LogP contribution >= 0.6 is 10.7 Å². The summed E-state index contributed by atoms with van der Waals surface area (Å²) in [5, 5.41) is 27.1. The maximum atomic E-state index is 12.2. The number of hydrogen-bond donors (Lipinski definition) is 3. The molecule has 0 radical (unpaired) electrons. The quantitative estimate of drug-likeness (QED) is 0.0242. The molecule has 0 aromatic heterocycles. The van der Waals surface area contributed by atoms with Crippen LogP contribution in [0, 0.1) is 20.8 Å². The van der Waals surface area contributed by atoms with Gasteiger partial charge in [0.25, 0.3) is 29.3 Å². The van der Waals surface area contributed by atoms with Crippen molar-refractivity contribution >= 4 is 40.0 Å². The first-order chi connectivity index (χ1) is 46.6. The minimum Gasteiger partial charge on any atom is -0.394 e. The van der Waals surface area contributed by atoms with Gasteiger partial charge in [0.1, 0.15) is 18.3 Å². The van der Waals surface area contributed by atoms with Crippen molar-refractivity contribution in [3.05, 3.63) is 233 Å². The van der Waals surface area contributed by atoms with E-state index < -0.39 is 41.5 Å². The Hall–Kier alpha value is -5.84. The molecule has 7 aromatic rings. The van der Waals surface area contributed by atoms with Gasteiger partial charge in [0.2, 0.25) is 0 Å². The van der Waals surface area contributed by atoms with Gasteiger partial charge in [0.15, 0.2) is 0 Å². The van der Waals surface area contributed by atoms with Crippen LogP contribution in [0.5, 0.6) is 0 Å². The van der Waals surface area contributed by atoms with Crippen molar-refractivity contribution in [3.8, 4) is 0 Å². The van der Waals surface area contributed by atoms with Crippen LogP contribution in [0.15, 0.2) is 209 Å². The third-order valence-electron chi connectivity index (χ3n) is 13.4. The average molecular weight is 1430 g/mol. The van der Waals surface area contributed by atoms with Crippen molar-refractivity contribution in [1.82, 2.24) is 0 Å². The van der Waals surface area contributed by atoms with E-state index in [0.29, 0.717) is 66.1 Å². The van der Waals surface area contributed by atoms with Gasteiger partial charge in [-0.15, -0.1) is 0 Å². The van der Waals surface area contributed by atoms with Crippen LogP contribution < -0.4 is 0 Å². The summed E-state index contributed by atoms with van der Waals surface area (Å²) in [5.41, 5.74) is 7.50. The average Bonchev–Trinajstić information content (AvgIpc) is 0.909. The third-order valence-corrected chi connectivity index (χ3v) is 17.3. The molecule has 23 heteroatoms. The largest absolute Gasteiger partial charge is 0.394 e. The summed E-state index contributed by atoms with van der Waals surface area (Å²) in [5.74, 6) is 0. The predicted octanol–water partition coefficient (Wildman–Crippen LogP) is 12.9. The molecule has 0 aliphatic rings. The summed E-state index contributed by atoms with van der Waals surface area (Å²) in [7, 11) is -6.06. The number of rotatable bonds is 37. The second-order valence-corrected chi connectivity index (χ2v) is 27.3. The molecule has 0 bridgehead atoms. The van der Waals surface area contributed by atoms with E-state index >= 15 is 0 Å². The molecule has 538 valence electrons. The normalized spacial score (nSPS) is 12.8. The van der Waals surface area contributed by atoms with E-state index in [9.17, 15) is 30.4 Å². The molecule has 0 unspecified atom stereocenters. The molecule has 0 aliphatic heterocycles. The maximum absolute atomic E-state index is 12.2. The standard InChI is InChI=1S/C19H24O5S.C13H20O2.C12H18O5S.C12H18O3.C11H16O2.C7H7ClO2S/c1-3-23-18(14-22-13-17-7-5-4-6-8-17)15-24-25(20,21)19-11-9-16(2)10-12-19;1-3-13(15-4-2)11-14-10-12-8-6-5-7-9-12;1-3-16-11(8-13)9-17-18(14,15)12-6-4-10(2)5-7-12;1-2-15-12(8-13)10-14-9-11-6-4-3-5-7-11;1-2-11(12)9-13-8-10-6-4-3-5-7-10;1-6-2-4-7(5-3-6)11(8,9)10/h4-12,18H,3,13-15H2,1-2H3;5-9,13H,3-4,10-11H2,1-2H3;4-7,11,13H,3,8-9H2,1-2H3;3-7,12-13H,2,8-10H2,1H3;3-7,11-12H,2,8-9H2,1H3;2-5H,1H3/t18-;13-;11-;12-;11-;/m01011./s1. The molecule has 0 saturated heterocycles. The van der Waals surface area contributed by atoms with E-state index in [1.165, 1.54) is 42.0 Å². The zero-order valence-corrected chi connectivity index (χ0v) is 60.8. The number of halogens is 1. The second-order valence-electron chi connectivity index (χ2n) is 21.5. The summed E-state index contributed by atoms with van der Waals surface area (Å²) in [4.78, 5) is 0.379. The fourth-order valence-electron chi connectivity index (χ4n) is 7.91. The van der Waals surface area contributed by atoms with E-state index in [-0.39, 0.29) is 66.0 Å². The molecule has 0 fully saturated rings. The summed E-state index contributed by atoms with van der Waals surface area (Å²) in [6.45, 7) is 22.9. The summed E-state index contributed by atoms with van der Waals surface area (Å²) in [6, 6.07) is 59.1. The summed E-state index contributed by atoms with van der Waals surface area (Å²) in [6.07, 6.45) is 0.363. The monoisotopic (exact) mass is 1430 g/mol. The zero-order chi connectivity index (χ0) is 71.6. The number of aliphatic hydroxyl groups is 3. The summed E-state index contributed by atoms with van der Waals surface area (Å²) >= 11 is 0. The second kappa shape index (κ2) is 52.2. The molecule has 3 N–H and O–H groups in total. The van der Waals surface area contributed by atoms with Gasteiger partial charge in [-0.1, -0.05) is 188 Å². The molecule has 0 heterocycles. The highest BCUT2D eigenvalue weighted by Gasteiger charge is 2.21. The molecule has 0 aliphatic carbocycles. The fourth-order valence-corrected chi connectivity index (χ4v) is 10.6. The fraction of sp³-hybridized carbons (Fsp3) is 0.432. The number of aliphatic hydroxyl groups excluding tert-OH is 3. The lowest BCUT2D eigenvalue weighted by atomic mass is 10.2. The van der Waals surface area contributed by atoms with Crippen molar-refractivity contribution in [1.29, 1.82) is 0 Å². The van der Waals surface area contributed by atoms with Crippen LogP contribution in [-0.2, 0) is 102 Å². The lowest BCUT2D eigenvalue weighted by Gasteiger charge is -2.17. The Balaban J connectivity index is 0.000000404. The molecule has 7 rings (SSSR count). The van der Waals surface area contributed by atoms with E-state index in [1.54, 1.807) is 43.3 Å². The Morgan fingerprint density at radius 2 is 0.608 bits per heavy atom. The van der Waals surface area contributed by atoms with Crippen molar-refractivity contribution in [3.63, 3.8) is 0 Å². The van der Waals surface area contributed by atoms with E-state index in [1.807, 2.05) is 158 Å². The van der Waals surface area contributed by atoms with Crippen molar-refractivity contribution in [2.45, 2.75) is 147 Å².